The van der Waals surface area contributed by atoms with Crippen LogP contribution in [0.3, 0.4) is 0 Å². The second-order valence-corrected chi connectivity index (χ2v) is 6.75. The summed E-state index contributed by atoms with van der Waals surface area (Å²) in [5, 5.41) is 6.40. The highest BCUT2D eigenvalue weighted by Gasteiger charge is 2.26. The van der Waals surface area contributed by atoms with Crippen LogP contribution in [0.5, 0.6) is 0 Å². The fourth-order valence-electron chi connectivity index (χ4n) is 3.18. The van der Waals surface area contributed by atoms with Gasteiger partial charge in [-0.25, -0.2) is 9.97 Å². The summed E-state index contributed by atoms with van der Waals surface area (Å²) in [4.78, 5) is 36.7. The maximum atomic E-state index is 12.6. The Morgan fingerprint density at radius 1 is 1.25 bits per heavy atom. The molecule has 1 atom stereocenters. The normalized spacial score (nSPS) is 14.6. The number of rotatable bonds is 6. The third-order valence-electron chi connectivity index (χ3n) is 4.76. The van der Waals surface area contributed by atoms with Gasteiger partial charge in [0.2, 0.25) is 0 Å². The highest BCUT2D eigenvalue weighted by molar-refractivity contribution is 5.99. The van der Waals surface area contributed by atoms with Crippen molar-refractivity contribution in [1.82, 2.24) is 25.6 Å². The third-order valence-corrected chi connectivity index (χ3v) is 4.76. The number of hydrogen-bond acceptors (Lipinski definition) is 5. The van der Waals surface area contributed by atoms with E-state index in [1.165, 1.54) is 13.1 Å². The van der Waals surface area contributed by atoms with Gasteiger partial charge in [-0.2, -0.15) is 0 Å². The van der Waals surface area contributed by atoms with Gasteiger partial charge >= 0.3 is 0 Å². The molecule has 1 fully saturated rings. The number of fused-ring (bicyclic) bond motifs is 1. The van der Waals surface area contributed by atoms with E-state index in [2.05, 4.69) is 25.6 Å². The van der Waals surface area contributed by atoms with Crippen LogP contribution in [-0.4, -0.2) is 47.0 Å². The number of H-pyrrole nitrogens is 1. The molecule has 1 aliphatic rings. The molecule has 0 bridgehead atoms. The van der Waals surface area contributed by atoms with Crippen LogP contribution >= 0.6 is 0 Å². The quantitative estimate of drug-likeness (QED) is 0.606. The van der Waals surface area contributed by atoms with Crippen LogP contribution in [0.25, 0.3) is 11.0 Å². The summed E-state index contributed by atoms with van der Waals surface area (Å²) in [6.07, 6.45) is 4.89. The predicted molar refractivity (Wildman–Crippen MR) is 103 cm³/mol. The Balaban J connectivity index is 1.80. The first kappa shape index (κ1) is 18.1. The molecule has 3 aromatic rings. The number of aromatic amines is 1. The van der Waals surface area contributed by atoms with Crippen molar-refractivity contribution in [3.05, 3.63) is 59.2 Å². The highest BCUT2D eigenvalue weighted by Crippen LogP contribution is 2.30. The van der Waals surface area contributed by atoms with Crippen molar-refractivity contribution in [3.63, 3.8) is 0 Å². The molecule has 8 nitrogen and oxygen atoms in total. The van der Waals surface area contributed by atoms with Crippen LogP contribution in [0.4, 0.5) is 0 Å². The van der Waals surface area contributed by atoms with Gasteiger partial charge in [0.05, 0.1) is 5.69 Å². The fourth-order valence-corrected chi connectivity index (χ4v) is 3.18. The van der Waals surface area contributed by atoms with Crippen LogP contribution in [0, 0.1) is 0 Å². The van der Waals surface area contributed by atoms with Gasteiger partial charge in [-0.05, 0) is 42.7 Å². The van der Waals surface area contributed by atoms with Gasteiger partial charge in [-0.15, -0.1) is 0 Å². The number of carbonyl (C=O) groups is 2. The van der Waals surface area contributed by atoms with Crippen LogP contribution in [0.1, 0.15) is 51.0 Å². The zero-order valence-corrected chi connectivity index (χ0v) is 15.7. The van der Waals surface area contributed by atoms with E-state index in [4.69, 9.17) is 4.74 Å². The Labute approximate surface area is 161 Å². The Kier molecular flexibility index (Phi) is 4.79. The molecule has 0 radical (unpaired) electrons. The first-order valence-corrected chi connectivity index (χ1v) is 9.10. The maximum Gasteiger partial charge on any atom is 0.269 e. The molecule has 0 saturated heterocycles. The topological polar surface area (TPSA) is 109 Å². The van der Waals surface area contributed by atoms with Crippen LogP contribution in [0.2, 0.25) is 0 Å². The molecule has 1 saturated carbocycles. The van der Waals surface area contributed by atoms with Gasteiger partial charge in [0.1, 0.15) is 17.4 Å². The summed E-state index contributed by atoms with van der Waals surface area (Å²) in [6, 6.07) is 7.16. The minimum absolute atomic E-state index is 0.169. The summed E-state index contributed by atoms with van der Waals surface area (Å²) < 4.78 is 5.73. The monoisotopic (exact) mass is 379 g/mol. The molecule has 3 heterocycles. The van der Waals surface area contributed by atoms with Crippen molar-refractivity contribution >= 4 is 22.8 Å². The molecule has 3 aromatic heterocycles. The number of aromatic nitrogens is 3. The van der Waals surface area contributed by atoms with Crippen molar-refractivity contribution in [2.75, 3.05) is 14.2 Å². The number of nitrogens with one attached hydrogen (secondary N) is 3. The summed E-state index contributed by atoms with van der Waals surface area (Å²) in [5.74, 6) is -0.577. The van der Waals surface area contributed by atoms with E-state index in [-0.39, 0.29) is 23.6 Å². The summed E-state index contributed by atoms with van der Waals surface area (Å²) in [6.45, 7) is 0. The molecular weight excluding hydrogens is 358 g/mol. The van der Waals surface area contributed by atoms with Gasteiger partial charge in [-0.1, -0.05) is 0 Å². The molecule has 8 heteroatoms. The summed E-state index contributed by atoms with van der Waals surface area (Å²) in [7, 11) is 3.10. The first-order valence-electron chi connectivity index (χ1n) is 9.10. The maximum absolute atomic E-state index is 12.6. The van der Waals surface area contributed by atoms with Gasteiger partial charge in [0.15, 0.2) is 0 Å². The van der Waals surface area contributed by atoms with E-state index in [0.29, 0.717) is 11.3 Å². The molecule has 2 amide bonds. The van der Waals surface area contributed by atoms with Gasteiger partial charge < -0.3 is 20.4 Å². The second kappa shape index (κ2) is 7.40. The molecule has 28 heavy (non-hydrogen) atoms. The molecule has 0 spiro atoms. The highest BCUT2D eigenvalue weighted by atomic mass is 16.5. The Morgan fingerprint density at radius 3 is 2.79 bits per heavy atom. The summed E-state index contributed by atoms with van der Waals surface area (Å²) in [5.41, 5.74) is 2.62. The zero-order chi connectivity index (χ0) is 19.7. The lowest BCUT2D eigenvalue weighted by molar-refractivity contribution is 0.0949. The molecular formula is C20H21N5O3. The summed E-state index contributed by atoms with van der Waals surface area (Å²) >= 11 is 0. The van der Waals surface area contributed by atoms with Crippen LogP contribution in [-0.2, 0) is 4.74 Å². The molecule has 0 aliphatic heterocycles. The van der Waals surface area contributed by atoms with Crippen molar-refractivity contribution < 1.29 is 14.3 Å². The van der Waals surface area contributed by atoms with Crippen LogP contribution in [0.15, 0.2) is 36.7 Å². The number of carbonyl (C=O) groups excluding carboxylic acids is 2. The largest absolute Gasteiger partial charge is 0.370 e. The van der Waals surface area contributed by atoms with Gasteiger partial charge in [-0.3, -0.25) is 9.59 Å². The average molecular weight is 379 g/mol. The van der Waals surface area contributed by atoms with E-state index >= 15 is 0 Å². The number of ether oxygens (including phenoxy) is 1. The van der Waals surface area contributed by atoms with Gasteiger partial charge in [0.25, 0.3) is 11.8 Å². The standard InChI is InChI=1S/C20H21N5O3/c1-21-20(27)16-10-11(19(26)24-12-3-4-12)9-15(25-16)17(28-2)13-5-7-22-18-14(13)6-8-23-18/h5-10,12,17H,3-4H2,1-2H3,(H,21,27)(H,22,23)(H,24,26)/t17-/m1/s1. The van der Waals surface area contributed by atoms with Gasteiger partial charge in [0, 0.05) is 43.5 Å². The third kappa shape index (κ3) is 3.46. The van der Waals surface area contributed by atoms with Crippen molar-refractivity contribution in [2.45, 2.75) is 25.0 Å². The van der Waals surface area contributed by atoms with Crippen molar-refractivity contribution in [2.24, 2.45) is 0 Å². The molecule has 4 rings (SSSR count). The lowest BCUT2D eigenvalue weighted by Crippen LogP contribution is -2.27. The van der Waals surface area contributed by atoms with E-state index in [1.807, 2.05) is 12.1 Å². The molecule has 0 unspecified atom stereocenters. The van der Waals surface area contributed by atoms with E-state index in [9.17, 15) is 9.59 Å². The number of pyridine rings is 2. The van der Waals surface area contributed by atoms with E-state index in [1.54, 1.807) is 25.6 Å². The van der Waals surface area contributed by atoms with E-state index in [0.717, 1.165) is 29.4 Å². The minimum atomic E-state index is -0.557. The number of methoxy groups -OCH3 is 1. The molecule has 1 aliphatic carbocycles. The zero-order valence-electron chi connectivity index (χ0n) is 15.7. The number of nitrogens with zero attached hydrogens (tertiary/aromatic N) is 2. The lowest BCUT2D eigenvalue weighted by atomic mass is 10.0. The average Bonchev–Trinajstić information content (AvgIpc) is 3.39. The lowest BCUT2D eigenvalue weighted by Gasteiger charge is -2.18. The molecule has 0 aromatic carbocycles. The molecule has 3 N–H and O–H groups in total. The second-order valence-electron chi connectivity index (χ2n) is 6.75. The van der Waals surface area contributed by atoms with Crippen molar-refractivity contribution in [3.8, 4) is 0 Å². The van der Waals surface area contributed by atoms with Crippen LogP contribution < -0.4 is 10.6 Å². The SMILES string of the molecule is CNC(=O)c1cc(C(=O)NC2CC2)cc([C@H](OC)c2ccnc3[nH]ccc23)n1. The minimum Gasteiger partial charge on any atom is -0.370 e. The van der Waals surface area contributed by atoms with Crippen molar-refractivity contribution in [1.29, 1.82) is 0 Å². The van der Waals surface area contributed by atoms with E-state index < -0.39 is 6.10 Å². The number of amides is 2. The predicted octanol–water partition coefficient (Wildman–Crippen LogP) is 1.95. The Bertz CT molecular complexity index is 1040. The fraction of sp³-hybridized carbons (Fsp3) is 0.300. The first-order chi connectivity index (χ1) is 13.6. The number of hydrogen-bond donors (Lipinski definition) is 3. The Morgan fingerprint density at radius 2 is 2.07 bits per heavy atom. The Hall–Kier alpha value is -3.26. The molecule has 144 valence electrons. The smallest absolute Gasteiger partial charge is 0.269 e.